The normalized spacial score (nSPS) is 18.9. The van der Waals surface area contributed by atoms with Crippen molar-refractivity contribution < 1.29 is 22.6 Å². The third-order valence-electron chi connectivity index (χ3n) is 7.41. The number of morpholine rings is 1. The second kappa shape index (κ2) is 9.64. The number of methoxy groups -OCH3 is 1. The van der Waals surface area contributed by atoms with E-state index in [1.54, 1.807) is 20.1 Å². The van der Waals surface area contributed by atoms with Gasteiger partial charge in [0.25, 0.3) is 0 Å². The molecule has 2 aromatic carbocycles. The van der Waals surface area contributed by atoms with Crippen molar-refractivity contribution in [2.45, 2.75) is 51.3 Å². The first-order valence-electron chi connectivity index (χ1n) is 12.5. The van der Waals surface area contributed by atoms with E-state index >= 15 is 0 Å². The number of benzene rings is 2. The molecule has 1 aliphatic carbocycles. The van der Waals surface area contributed by atoms with Crippen LogP contribution in [0.4, 0.5) is 30.4 Å². The molecule has 1 aromatic heterocycles. The maximum absolute atomic E-state index is 13.7. The smallest absolute Gasteiger partial charge is 0.399 e. The highest BCUT2D eigenvalue weighted by atomic mass is 19.4. The van der Waals surface area contributed by atoms with Gasteiger partial charge in [-0.25, -0.2) is 9.97 Å². The van der Waals surface area contributed by atoms with Crippen LogP contribution in [0.3, 0.4) is 0 Å². The van der Waals surface area contributed by atoms with Crippen molar-refractivity contribution >= 4 is 28.1 Å². The number of aromatic nitrogens is 2. The maximum atomic E-state index is 13.7. The van der Waals surface area contributed by atoms with E-state index in [4.69, 9.17) is 25.9 Å². The second-order valence-corrected chi connectivity index (χ2v) is 9.95. The molecule has 2 atom stereocenters. The molecule has 0 unspecified atom stereocenters. The summed E-state index contributed by atoms with van der Waals surface area (Å²) in [4.78, 5) is 11.5. The van der Waals surface area contributed by atoms with Crippen LogP contribution in [0, 0.1) is 6.92 Å². The van der Waals surface area contributed by atoms with E-state index < -0.39 is 17.7 Å². The SMILES string of the molecule is COC[C@@H]1CN(c2c3c(c4nc(C)nc(N)c4c2[C@H](C)c2cc(N)cc(C(F)(F)F)c2)CCC3)CCO1. The number of hydrogen-bond donors (Lipinski definition) is 2. The Bertz CT molecular complexity index is 1340. The van der Waals surface area contributed by atoms with Gasteiger partial charge >= 0.3 is 6.18 Å². The predicted octanol–water partition coefficient (Wildman–Crippen LogP) is 4.61. The molecule has 0 bridgehead atoms. The third kappa shape index (κ3) is 4.68. The number of alkyl halides is 3. The Kier molecular flexibility index (Phi) is 6.66. The number of anilines is 3. The molecule has 1 aliphatic heterocycles. The Morgan fingerprint density at radius 1 is 1.16 bits per heavy atom. The molecular weight excluding hydrogens is 483 g/mol. The lowest BCUT2D eigenvalue weighted by Crippen LogP contribution is -2.45. The number of nitrogen functional groups attached to an aromatic ring is 2. The largest absolute Gasteiger partial charge is 0.416 e. The van der Waals surface area contributed by atoms with E-state index in [0.717, 1.165) is 47.7 Å². The first-order valence-corrected chi connectivity index (χ1v) is 12.5. The van der Waals surface area contributed by atoms with Crippen LogP contribution < -0.4 is 16.4 Å². The van der Waals surface area contributed by atoms with Crippen molar-refractivity contribution in [1.82, 2.24) is 9.97 Å². The Hall–Kier alpha value is -3.11. The molecule has 2 aliphatic rings. The lowest BCUT2D eigenvalue weighted by atomic mass is 9.84. The van der Waals surface area contributed by atoms with Gasteiger partial charge in [0.15, 0.2) is 0 Å². The predicted molar refractivity (Wildman–Crippen MR) is 138 cm³/mol. The van der Waals surface area contributed by atoms with Crippen LogP contribution in [-0.2, 0) is 28.5 Å². The van der Waals surface area contributed by atoms with Gasteiger partial charge in [-0.05, 0) is 66.6 Å². The molecule has 0 spiro atoms. The van der Waals surface area contributed by atoms with Gasteiger partial charge < -0.3 is 25.8 Å². The Labute approximate surface area is 214 Å². The van der Waals surface area contributed by atoms with Gasteiger partial charge in [0.05, 0.1) is 30.4 Å². The van der Waals surface area contributed by atoms with Gasteiger partial charge in [0.2, 0.25) is 0 Å². The number of aryl methyl sites for hydroxylation is 2. The van der Waals surface area contributed by atoms with E-state index in [1.165, 1.54) is 11.6 Å². The standard InChI is InChI=1S/C27H32F3N5O2/c1-14(16-9-17(27(28,29)30)11-18(31)10-16)22-23-24(33-15(2)34-26(23)32)20-5-4-6-21(20)25(22)35-7-8-37-19(12-35)13-36-3/h9-11,14,19H,4-8,12-13,31H2,1-3H3,(H2,32,33,34)/t14-,19+/m1/s1. The van der Waals surface area contributed by atoms with Crippen molar-refractivity contribution in [2.75, 3.05) is 49.8 Å². The van der Waals surface area contributed by atoms with E-state index in [-0.39, 0.29) is 11.8 Å². The van der Waals surface area contributed by atoms with E-state index in [0.29, 0.717) is 48.9 Å². The van der Waals surface area contributed by atoms with E-state index in [1.807, 2.05) is 6.92 Å². The van der Waals surface area contributed by atoms with Crippen molar-refractivity contribution in [3.8, 4) is 0 Å². The number of ether oxygens (including phenoxy) is 2. The summed E-state index contributed by atoms with van der Waals surface area (Å²) in [5.74, 6) is 0.451. The summed E-state index contributed by atoms with van der Waals surface area (Å²) in [5, 5.41) is 0.708. The number of rotatable bonds is 5. The zero-order valence-electron chi connectivity index (χ0n) is 21.3. The third-order valence-corrected chi connectivity index (χ3v) is 7.41. The molecule has 0 amide bonds. The fraction of sp³-hybridized carbons (Fsp3) is 0.481. The van der Waals surface area contributed by atoms with Crippen molar-refractivity contribution in [1.29, 1.82) is 0 Å². The Balaban J connectivity index is 1.79. The summed E-state index contributed by atoms with van der Waals surface area (Å²) in [6.07, 6.45) is -1.93. The number of fused-ring (bicyclic) bond motifs is 3. The maximum Gasteiger partial charge on any atom is 0.416 e. The first kappa shape index (κ1) is 25.5. The first-order chi connectivity index (χ1) is 17.6. The molecule has 3 aromatic rings. The molecule has 10 heteroatoms. The van der Waals surface area contributed by atoms with Gasteiger partial charge in [-0.1, -0.05) is 6.92 Å². The summed E-state index contributed by atoms with van der Waals surface area (Å²) in [6.45, 7) is 5.93. The number of nitrogens with two attached hydrogens (primary N) is 2. The summed E-state index contributed by atoms with van der Waals surface area (Å²) in [5.41, 5.74) is 17.3. The molecular formula is C27H32F3N5O2. The number of halogens is 3. The van der Waals surface area contributed by atoms with Crippen LogP contribution >= 0.6 is 0 Å². The van der Waals surface area contributed by atoms with Crippen LogP contribution in [0.15, 0.2) is 18.2 Å². The molecule has 2 heterocycles. The Morgan fingerprint density at radius 2 is 1.92 bits per heavy atom. The minimum Gasteiger partial charge on any atom is -0.399 e. The zero-order valence-corrected chi connectivity index (χ0v) is 21.3. The fourth-order valence-corrected chi connectivity index (χ4v) is 5.87. The van der Waals surface area contributed by atoms with Crippen LogP contribution in [0.1, 0.15) is 52.9 Å². The van der Waals surface area contributed by atoms with Crippen LogP contribution in [0.2, 0.25) is 0 Å². The highest BCUT2D eigenvalue weighted by Crippen LogP contribution is 2.47. The minimum atomic E-state index is -4.51. The minimum absolute atomic E-state index is 0.0651. The number of nitrogens with zero attached hydrogens (tertiary/aromatic N) is 3. The summed E-state index contributed by atoms with van der Waals surface area (Å²) >= 11 is 0. The fourth-order valence-electron chi connectivity index (χ4n) is 5.87. The molecule has 5 rings (SSSR count). The number of hydrogen-bond acceptors (Lipinski definition) is 7. The van der Waals surface area contributed by atoms with Crippen LogP contribution in [0.5, 0.6) is 0 Å². The topological polar surface area (TPSA) is 99.5 Å². The second-order valence-electron chi connectivity index (χ2n) is 9.95. The highest BCUT2D eigenvalue weighted by Gasteiger charge is 2.35. The summed E-state index contributed by atoms with van der Waals surface area (Å²) < 4.78 is 52.4. The van der Waals surface area contributed by atoms with Crippen molar-refractivity contribution in [3.63, 3.8) is 0 Å². The average molecular weight is 516 g/mol. The van der Waals surface area contributed by atoms with E-state index in [2.05, 4.69) is 9.88 Å². The van der Waals surface area contributed by atoms with Gasteiger partial charge in [-0.15, -0.1) is 0 Å². The highest BCUT2D eigenvalue weighted by molar-refractivity contribution is 6.00. The molecule has 7 nitrogen and oxygen atoms in total. The average Bonchev–Trinajstić information content (AvgIpc) is 3.32. The van der Waals surface area contributed by atoms with Gasteiger partial charge in [0.1, 0.15) is 11.6 Å². The zero-order chi connectivity index (χ0) is 26.5. The molecule has 4 N–H and O–H groups in total. The van der Waals surface area contributed by atoms with Crippen LogP contribution in [0.25, 0.3) is 10.9 Å². The molecule has 37 heavy (non-hydrogen) atoms. The van der Waals surface area contributed by atoms with Crippen molar-refractivity contribution in [3.05, 3.63) is 51.8 Å². The van der Waals surface area contributed by atoms with E-state index in [9.17, 15) is 13.2 Å². The molecule has 0 saturated carbocycles. The molecule has 1 saturated heterocycles. The lowest BCUT2D eigenvalue weighted by Gasteiger charge is -2.38. The van der Waals surface area contributed by atoms with Gasteiger partial charge in [0, 0.05) is 42.9 Å². The summed E-state index contributed by atoms with van der Waals surface area (Å²) in [6, 6.07) is 3.76. The molecule has 0 radical (unpaired) electrons. The quantitative estimate of drug-likeness (QED) is 0.479. The monoisotopic (exact) mass is 515 g/mol. The molecule has 1 fully saturated rings. The van der Waals surface area contributed by atoms with Crippen LogP contribution in [-0.4, -0.2) is 49.5 Å². The lowest BCUT2D eigenvalue weighted by molar-refractivity contribution is -0.137. The van der Waals surface area contributed by atoms with Gasteiger partial charge in [-0.2, -0.15) is 13.2 Å². The Morgan fingerprint density at radius 3 is 2.65 bits per heavy atom. The molecule has 198 valence electrons. The summed E-state index contributed by atoms with van der Waals surface area (Å²) in [7, 11) is 1.64. The van der Waals surface area contributed by atoms with Gasteiger partial charge in [-0.3, -0.25) is 0 Å². The van der Waals surface area contributed by atoms with Crippen molar-refractivity contribution in [2.24, 2.45) is 0 Å².